The fourth-order valence-corrected chi connectivity index (χ4v) is 1.88. The molecule has 1 heterocycles. The Bertz CT molecular complexity index is 139. The summed E-state index contributed by atoms with van der Waals surface area (Å²) in [4.78, 5) is 0. The lowest BCUT2D eigenvalue weighted by atomic mass is 10.1. The van der Waals surface area contributed by atoms with Gasteiger partial charge in [-0.25, -0.2) is 5.01 Å². The van der Waals surface area contributed by atoms with Crippen molar-refractivity contribution in [3.8, 4) is 0 Å². The average molecular weight is 196 g/mol. The molecular weight excluding hydrogens is 172 g/mol. The van der Waals surface area contributed by atoms with Crippen molar-refractivity contribution in [2.45, 2.75) is 44.9 Å². The maximum absolute atomic E-state index is 3.73. The SMILES string of the molecule is C=CCCCCCNN1CCCCC1. The van der Waals surface area contributed by atoms with E-state index in [9.17, 15) is 0 Å². The van der Waals surface area contributed by atoms with Gasteiger partial charge in [0.2, 0.25) is 0 Å². The zero-order chi connectivity index (χ0) is 10.1. The Labute approximate surface area is 88.3 Å². The fourth-order valence-electron chi connectivity index (χ4n) is 1.88. The topological polar surface area (TPSA) is 15.3 Å². The third kappa shape index (κ3) is 5.40. The van der Waals surface area contributed by atoms with Crippen molar-refractivity contribution in [1.29, 1.82) is 0 Å². The minimum atomic E-state index is 1.15. The first-order valence-electron chi connectivity index (χ1n) is 6.03. The molecule has 14 heavy (non-hydrogen) atoms. The molecule has 0 atom stereocenters. The molecule has 0 saturated carbocycles. The van der Waals surface area contributed by atoms with E-state index in [4.69, 9.17) is 0 Å². The first-order valence-corrected chi connectivity index (χ1v) is 6.03. The highest BCUT2D eigenvalue weighted by Crippen LogP contribution is 2.06. The van der Waals surface area contributed by atoms with Gasteiger partial charge in [-0.1, -0.05) is 18.9 Å². The van der Waals surface area contributed by atoms with Gasteiger partial charge in [-0.3, -0.25) is 5.43 Å². The third-order valence-corrected chi connectivity index (χ3v) is 2.78. The van der Waals surface area contributed by atoms with Crippen LogP contribution in [0.3, 0.4) is 0 Å². The Hall–Kier alpha value is -0.340. The highest BCUT2D eigenvalue weighted by molar-refractivity contribution is 4.65. The van der Waals surface area contributed by atoms with Crippen LogP contribution in [0.15, 0.2) is 12.7 Å². The average Bonchev–Trinajstić information content (AvgIpc) is 2.25. The Kier molecular flexibility index (Phi) is 6.71. The molecule has 1 fully saturated rings. The molecule has 1 N–H and O–H groups in total. The quantitative estimate of drug-likeness (QED) is 0.497. The predicted octanol–water partition coefficient (Wildman–Crippen LogP) is 2.72. The van der Waals surface area contributed by atoms with Crippen LogP contribution in [0.2, 0.25) is 0 Å². The lowest BCUT2D eigenvalue weighted by Gasteiger charge is -2.27. The van der Waals surface area contributed by atoms with Crippen molar-refractivity contribution in [3.63, 3.8) is 0 Å². The largest absolute Gasteiger partial charge is 0.255 e. The van der Waals surface area contributed by atoms with Crippen LogP contribution < -0.4 is 5.43 Å². The molecule has 1 aliphatic rings. The summed E-state index contributed by atoms with van der Waals surface area (Å²) in [5.74, 6) is 0. The number of hydrogen-bond acceptors (Lipinski definition) is 2. The maximum Gasteiger partial charge on any atom is 0.0131 e. The summed E-state index contributed by atoms with van der Waals surface area (Å²) >= 11 is 0. The van der Waals surface area contributed by atoms with Crippen LogP contribution in [0, 0.1) is 0 Å². The summed E-state index contributed by atoms with van der Waals surface area (Å²) < 4.78 is 0. The second-order valence-corrected chi connectivity index (χ2v) is 4.09. The molecule has 2 heteroatoms. The number of nitrogens with one attached hydrogen (secondary N) is 1. The molecule has 0 amide bonds. The Morgan fingerprint density at radius 1 is 1.07 bits per heavy atom. The van der Waals surface area contributed by atoms with Gasteiger partial charge in [0.15, 0.2) is 0 Å². The molecule has 0 aromatic heterocycles. The van der Waals surface area contributed by atoms with Gasteiger partial charge in [-0.05, 0) is 32.1 Å². The van der Waals surface area contributed by atoms with Crippen molar-refractivity contribution in [3.05, 3.63) is 12.7 Å². The second-order valence-electron chi connectivity index (χ2n) is 4.09. The highest BCUT2D eigenvalue weighted by Gasteiger charge is 2.07. The van der Waals surface area contributed by atoms with E-state index in [1.807, 2.05) is 6.08 Å². The lowest BCUT2D eigenvalue weighted by molar-refractivity contribution is 0.153. The van der Waals surface area contributed by atoms with Crippen LogP contribution in [-0.2, 0) is 0 Å². The maximum atomic E-state index is 3.73. The number of piperidine rings is 1. The van der Waals surface area contributed by atoms with Crippen molar-refractivity contribution < 1.29 is 0 Å². The molecule has 0 radical (unpaired) electrons. The van der Waals surface area contributed by atoms with E-state index in [1.165, 1.54) is 58.0 Å². The molecular formula is C12H24N2. The summed E-state index contributed by atoms with van der Waals surface area (Å²) in [6.07, 6.45) is 11.2. The van der Waals surface area contributed by atoms with Gasteiger partial charge >= 0.3 is 0 Å². The van der Waals surface area contributed by atoms with Crippen LogP contribution in [0.25, 0.3) is 0 Å². The summed E-state index contributed by atoms with van der Waals surface area (Å²) in [6.45, 7) is 7.36. The van der Waals surface area contributed by atoms with Gasteiger partial charge in [-0.15, -0.1) is 6.58 Å². The van der Waals surface area contributed by atoms with Crippen LogP contribution in [0.1, 0.15) is 44.9 Å². The van der Waals surface area contributed by atoms with Crippen molar-refractivity contribution in [2.75, 3.05) is 19.6 Å². The number of unbranched alkanes of at least 4 members (excludes halogenated alkanes) is 3. The van der Waals surface area contributed by atoms with Gasteiger partial charge in [-0.2, -0.15) is 0 Å². The smallest absolute Gasteiger partial charge is 0.0131 e. The van der Waals surface area contributed by atoms with Crippen molar-refractivity contribution in [2.24, 2.45) is 0 Å². The Morgan fingerprint density at radius 3 is 2.57 bits per heavy atom. The molecule has 0 aromatic rings. The van der Waals surface area contributed by atoms with Crippen LogP contribution in [0.5, 0.6) is 0 Å². The van der Waals surface area contributed by atoms with E-state index in [2.05, 4.69) is 17.0 Å². The highest BCUT2D eigenvalue weighted by atomic mass is 15.5. The summed E-state index contributed by atoms with van der Waals surface area (Å²) in [7, 11) is 0. The van der Waals surface area contributed by atoms with E-state index in [-0.39, 0.29) is 0 Å². The predicted molar refractivity (Wildman–Crippen MR) is 62.1 cm³/mol. The Balaban J connectivity index is 1.85. The number of rotatable bonds is 7. The monoisotopic (exact) mass is 196 g/mol. The summed E-state index contributed by atoms with van der Waals surface area (Å²) in [6, 6.07) is 0. The lowest BCUT2D eigenvalue weighted by Crippen LogP contribution is -2.41. The zero-order valence-electron chi connectivity index (χ0n) is 9.30. The molecule has 0 aliphatic carbocycles. The van der Waals surface area contributed by atoms with Crippen LogP contribution in [-0.4, -0.2) is 24.6 Å². The minimum Gasteiger partial charge on any atom is -0.255 e. The normalized spacial score (nSPS) is 18.3. The molecule has 0 aromatic carbocycles. The van der Waals surface area contributed by atoms with Gasteiger partial charge in [0.25, 0.3) is 0 Å². The van der Waals surface area contributed by atoms with Gasteiger partial charge in [0, 0.05) is 19.6 Å². The molecule has 2 nitrogen and oxygen atoms in total. The van der Waals surface area contributed by atoms with E-state index >= 15 is 0 Å². The number of nitrogens with zero attached hydrogens (tertiary/aromatic N) is 1. The Morgan fingerprint density at radius 2 is 1.86 bits per heavy atom. The van der Waals surface area contributed by atoms with Crippen molar-refractivity contribution >= 4 is 0 Å². The van der Waals surface area contributed by atoms with Crippen molar-refractivity contribution in [1.82, 2.24) is 10.4 Å². The molecule has 0 unspecified atom stereocenters. The van der Waals surface area contributed by atoms with E-state index in [1.54, 1.807) is 0 Å². The summed E-state index contributed by atoms with van der Waals surface area (Å²) in [5.41, 5.74) is 3.51. The molecule has 1 rings (SSSR count). The molecule has 82 valence electrons. The van der Waals surface area contributed by atoms with Crippen LogP contribution in [0.4, 0.5) is 0 Å². The molecule has 0 bridgehead atoms. The van der Waals surface area contributed by atoms with Gasteiger partial charge in [0.05, 0.1) is 0 Å². The van der Waals surface area contributed by atoms with E-state index in [0.29, 0.717) is 0 Å². The molecule has 1 saturated heterocycles. The first kappa shape index (κ1) is 11.7. The standard InChI is InChI=1S/C12H24N2/c1-2-3-4-5-7-10-13-14-11-8-6-9-12-14/h2,13H,1,3-12H2. The second kappa shape index (κ2) is 8.01. The van der Waals surface area contributed by atoms with Gasteiger partial charge in [0.1, 0.15) is 0 Å². The first-order chi connectivity index (χ1) is 6.93. The third-order valence-electron chi connectivity index (χ3n) is 2.78. The molecule has 1 aliphatic heterocycles. The molecule has 0 spiro atoms. The van der Waals surface area contributed by atoms with E-state index < -0.39 is 0 Å². The number of allylic oxidation sites excluding steroid dienone is 1. The number of hydrazine groups is 1. The summed E-state index contributed by atoms with van der Waals surface area (Å²) in [5, 5.41) is 2.39. The fraction of sp³-hybridized carbons (Fsp3) is 0.833. The van der Waals surface area contributed by atoms with Crippen LogP contribution >= 0.6 is 0 Å². The zero-order valence-corrected chi connectivity index (χ0v) is 9.30. The van der Waals surface area contributed by atoms with E-state index in [0.717, 1.165) is 6.54 Å². The van der Waals surface area contributed by atoms with Gasteiger partial charge < -0.3 is 0 Å². The number of hydrogen-bond donors (Lipinski definition) is 1. The minimum absolute atomic E-state index is 1.15.